The maximum absolute atomic E-state index is 5.69. The van der Waals surface area contributed by atoms with E-state index in [4.69, 9.17) is 5.73 Å². The molecule has 0 spiro atoms. The summed E-state index contributed by atoms with van der Waals surface area (Å²) in [5.74, 6) is 0.932. The van der Waals surface area contributed by atoms with E-state index in [2.05, 4.69) is 24.4 Å². The Balaban J connectivity index is 1.62. The molecule has 2 heteroatoms. The van der Waals surface area contributed by atoms with Gasteiger partial charge >= 0.3 is 0 Å². The van der Waals surface area contributed by atoms with E-state index in [-0.39, 0.29) is 0 Å². The Morgan fingerprint density at radius 2 is 1.89 bits per heavy atom. The lowest BCUT2D eigenvalue weighted by molar-refractivity contribution is 0.445. The number of nitrogen functional groups attached to an aromatic ring is 1. The number of nitrogens with two attached hydrogens (primary N) is 1. The van der Waals surface area contributed by atoms with Gasteiger partial charge in [0, 0.05) is 11.7 Å². The van der Waals surface area contributed by atoms with Gasteiger partial charge in [-0.05, 0) is 62.3 Å². The second-order valence-corrected chi connectivity index (χ2v) is 6.11. The van der Waals surface area contributed by atoms with Crippen molar-refractivity contribution in [2.24, 2.45) is 5.92 Å². The highest BCUT2D eigenvalue weighted by atomic mass is 14.9. The van der Waals surface area contributed by atoms with Gasteiger partial charge in [-0.3, -0.25) is 0 Å². The zero-order valence-corrected chi connectivity index (χ0v) is 12.2. The first-order valence-electron chi connectivity index (χ1n) is 7.82. The minimum atomic E-state index is 0.761. The van der Waals surface area contributed by atoms with Crippen LogP contribution in [-0.2, 0) is 6.42 Å². The number of rotatable bonds is 5. The standard InChI is InChI=1S/C17H28N2/c1-14-4-2-6-17(12-7-14)19-13-3-5-15-8-10-16(18)11-9-15/h8-11,14,17,19H,2-7,12-13,18H2,1H3. The quantitative estimate of drug-likeness (QED) is 0.480. The first-order valence-corrected chi connectivity index (χ1v) is 7.82. The average Bonchev–Trinajstić information content (AvgIpc) is 2.62. The molecule has 0 bridgehead atoms. The maximum Gasteiger partial charge on any atom is 0.0314 e. The fourth-order valence-corrected chi connectivity index (χ4v) is 2.97. The van der Waals surface area contributed by atoms with Crippen molar-refractivity contribution < 1.29 is 0 Å². The molecule has 1 saturated carbocycles. The van der Waals surface area contributed by atoms with E-state index in [1.807, 2.05) is 12.1 Å². The molecule has 0 aromatic heterocycles. The van der Waals surface area contributed by atoms with Crippen LogP contribution in [0.3, 0.4) is 0 Å². The third-order valence-electron chi connectivity index (χ3n) is 4.31. The van der Waals surface area contributed by atoms with Crippen molar-refractivity contribution >= 4 is 5.69 Å². The summed E-state index contributed by atoms with van der Waals surface area (Å²) >= 11 is 0. The van der Waals surface area contributed by atoms with E-state index in [9.17, 15) is 0 Å². The van der Waals surface area contributed by atoms with Gasteiger partial charge in [0.1, 0.15) is 0 Å². The number of hydrogen-bond acceptors (Lipinski definition) is 2. The summed E-state index contributed by atoms with van der Waals surface area (Å²) in [5.41, 5.74) is 7.94. The molecule has 2 nitrogen and oxygen atoms in total. The van der Waals surface area contributed by atoms with E-state index in [1.54, 1.807) is 0 Å². The summed E-state index contributed by atoms with van der Waals surface area (Å²) < 4.78 is 0. The topological polar surface area (TPSA) is 38.0 Å². The van der Waals surface area contributed by atoms with Gasteiger partial charge in [0.2, 0.25) is 0 Å². The second-order valence-electron chi connectivity index (χ2n) is 6.11. The Labute approximate surface area is 117 Å². The molecule has 0 heterocycles. The highest BCUT2D eigenvalue weighted by Crippen LogP contribution is 2.22. The molecule has 1 aromatic rings. The number of aryl methyl sites for hydroxylation is 1. The van der Waals surface area contributed by atoms with Gasteiger partial charge in [0.25, 0.3) is 0 Å². The van der Waals surface area contributed by atoms with Crippen molar-refractivity contribution in [2.75, 3.05) is 12.3 Å². The van der Waals surface area contributed by atoms with Crippen LogP contribution in [0, 0.1) is 5.92 Å². The minimum absolute atomic E-state index is 0.761. The van der Waals surface area contributed by atoms with Crippen LogP contribution < -0.4 is 11.1 Å². The monoisotopic (exact) mass is 260 g/mol. The molecule has 0 amide bonds. The van der Waals surface area contributed by atoms with Crippen LogP contribution in [0.15, 0.2) is 24.3 Å². The zero-order valence-electron chi connectivity index (χ0n) is 12.2. The molecule has 3 N–H and O–H groups in total. The van der Waals surface area contributed by atoms with Crippen molar-refractivity contribution in [2.45, 2.75) is 57.9 Å². The molecular weight excluding hydrogens is 232 g/mol. The summed E-state index contributed by atoms with van der Waals surface area (Å²) in [6.07, 6.45) is 9.32. The Morgan fingerprint density at radius 3 is 2.68 bits per heavy atom. The summed E-state index contributed by atoms with van der Waals surface area (Å²) in [5, 5.41) is 3.74. The maximum atomic E-state index is 5.69. The number of anilines is 1. The van der Waals surface area contributed by atoms with Gasteiger partial charge in [-0.15, -0.1) is 0 Å². The van der Waals surface area contributed by atoms with Crippen molar-refractivity contribution in [1.82, 2.24) is 5.32 Å². The van der Waals surface area contributed by atoms with Crippen LogP contribution in [0.1, 0.15) is 51.0 Å². The summed E-state index contributed by atoms with van der Waals surface area (Å²) in [4.78, 5) is 0. The molecule has 1 fully saturated rings. The normalized spacial score (nSPS) is 24.1. The molecule has 1 aliphatic carbocycles. The van der Waals surface area contributed by atoms with E-state index in [0.29, 0.717) is 0 Å². The predicted octanol–water partition coefficient (Wildman–Crippen LogP) is 3.76. The van der Waals surface area contributed by atoms with E-state index in [1.165, 1.54) is 44.1 Å². The van der Waals surface area contributed by atoms with E-state index >= 15 is 0 Å². The number of benzene rings is 1. The first kappa shape index (κ1) is 14.4. The van der Waals surface area contributed by atoms with Gasteiger partial charge in [0.05, 0.1) is 0 Å². The minimum Gasteiger partial charge on any atom is -0.399 e. The van der Waals surface area contributed by atoms with Gasteiger partial charge in [-0.2, -0.15) is 0 Å². The van der Waals surface area contributed by atoms with Crippen molar-refractivity contribution in [3.8, 4) is 0 Å². The Morgan fingerprint density at radius 1 is 1.11 bits per heavy atom. The highest BCUT2D eigenvalue weighted by molar-refractivity contribution is 5.39. The molecule has 1 aromatic carbocycles. The van der Waals surface area contributed by atoms with Gasteiger partial charge in [-0.1, -0.05) is 31.9 Å². The smallest absolute Gasteiger partial charge is 0.0314 e. The SMILES string of the molecule is CC1CCCC(NCCCc2ccc(N)cc2)CC1. The summed E-state index contributed by atoms with van der Waals surface area (Å²) in [6, 6.07) is 9.03. The molecular formula is C17H28N2. The lowest BCUT2D eigenvalue weighted by Gasteiger charge is -2.16. The van der Waals surface area contributed by atoms with Crippen LogP contribution in [0.5, 0.6) is 0 Å². The molecule has 0 aliphatic heterocycles. The third kappa shape index (κ3) is 5.23. The molecule has 0 radical (unpaired) electrons. The average molecular weight is 260 g/mol. The van der Waals surface area contributed by atoms with Crippen molar-refractivity contribution in [3.63, 3.8) is 0 Å². The van der Waals surface area contributed by atoms with Crippen LogP contribution >= 0.6 is 0 Å². The van der Waals surface area contributed by atoms with Crippen molar-refractivity contribution in [1.29, 1.82) is 0 Å². The van der Waals surface area contributed by atoms with E-state index in [0.717, 1.165) is 30.6 Å². The van der Waals surface area contributed by atoms with Crippen molar-refractivity contribution in [3.05, 3.63) is 29.8 Å². The molecule has 1 aliphatic rings. The Hall–Kier alpha value is -1.02. The molecule has 106 valence electrons. The second kappa shape index (κ2) is 7.54. The largest absolute Gasteiger partial charge is 0.399 e. The number of nitrogens with one attached hydrogen (secondary N) is 1. The first-order chi connectivity index (χ1) is 9.24. The summed E-state index contributed by atoms with van der Waals surface area (Å²) in [6.45, 7) is 3.53. The zero-order chi connectivity index (χ0) is 13.5. The van der Waals surface area contributed by atoms with Gasteiger partial charge in [-0.25, -0.2) is 0 Å². The molecule has 2 rings (SSSR count). The number of hydrogen-bond donors (Lipinski definition) is 2. The van der Waals surface area contributed by atoms with Crippen LogP contribution in [0.25, 0.3) is 0 Å². The summed E-state index contributed by atoms with van der Waals surface area (Å²) in [7, 11) is 0. The van der Waals surface area contributed by atoms with Gasteiger partial charge < -0.3 is 11.1 Å². The third-order valence-corrected chi connectivity index (χ3v) is 4.31. The Bertz CT molecular complexity index is 358. The fourth-order valence-electron chi connectivity index (χ4n) is 2.97. The van der Waals surface area contributed by atoms with Crippen LogP contribution in [0.2, 0.25) is 0 Å². The predicted molar refractivity (Wildman–Crippen MR) is 83.2 cm³/mol. The molecule has 19 heavy (non-hydrogen) atoms. The molecule has 2 atom stereocenters. The van der Waals surface area contributed by atoms with Crippen LogP contribution in [-0.4, -0.2) is 12.6 Å². The van der Waals surface area contributed by atoms with Crippen LogP contribution in [0.4, 0.5) is 5.69 Å². The van der Waals surface area contributed by atoms with Gasteiger partial charge in [0.15, 0.2) is 0 Å². The molecule has 0 saturated heterocycles. The lowest BCUT2D eigenvalue weighted by atomic mass is 10.0. The van der Waals surface area contributed by atoms with E-state index < -0.39 is 0 Å². The fraction of sp³-hybridized carbons (Fsp3) is 0.647. The molecule has 2 unspecified atom stereocenters. The lowest BCUT2D eigenvalue weighted by Crippen LogP contribution is -2.29. The highest BCUT2D eigenvalue weighted by Gasteiger charge is 2.14. The Kier molecular flexibility index (Phi) is 5.71.